The number of hydrogen-bond acceptors (Lipinski definition) is 7. The van der Waals surface area contributed by atoms with E-state index in [1.165, 1.54) is 23.3 Å². The number of carbonyl (C=O) groups excluding carboxylic acids is 1. The summed E-state index contributed by atoms with van der Waals surface area (Å²) in [6.45, 7) is 7.55. The number of aryl methyl sites for hydroxylation is 2. The van der Waals surface area contributed by atoms with E-state index in [4.69, 9.17) is 4.74 Å². The molecule has 5 nitrogen and oxygen atoms in total. The van der Waals surface area contributed by atoms with Crippen molar-refractivity contribution >= 4 is 44.7 Å². The second-order valence-corrected chi connectivity index (χ2v) is 7.45. The maximum atomic E-state index is 12.0. The first-order chi connectivity index (χ1) is 11.5. The van der Waals surface area contributed by atoms with Crippen molar-refractivity contribution in [3.63, 3.8) is 0 Å². The minimum atomic E-state index is -0.319. The van der Waals surface area contributed by atoms with Gasteiger partial charge < -0.3 is 9.64 Å². The third-order valence-corrected chi connectivity index (χ3v) is 5.89. The number of carbonyl (C=O) groups is 1. The number of aromatic nitrogens is 2. The summed E-state index contributed by atoms with van der Waals surface area (Å²) in [6, 6.07) is 4.18. The largest absolute Gasteiger partial charge is 0.465 e. The molecule has 0 saturated heterocycles. The number of nitrogens with zero attached hydrogens (tertiary/aromatic N) is 3. The predicted octanol–water partition coefficient (Wildman–Crippen LogP) is 4.18. The third-order valence-electron chi connectivity index (χ3n) is 3.86. The molecule has 0 spiro atoms. The molecule has 126 valence electrons. The number of thiophene rings is 2. The maximum absolute atomic E-state index is 12.0. The quantitative estimate of drug-likeness (QED) is 0.638. The van der Waals surface area contributed by atoms with Gasteiger partial charge in [-0.3, -0.25) is 0 Å². The molecular weight excluding hydrogens is 342 g/mol. The molecule has 7 heteroatoms. The van der Waals surface area contributed by atoms with Crippen LogP contribution in [0.15, 0.2) is 17.5 Å². The minimum absolute atomic E-state index is 0.319. The van der Waals surface area contributed by atoms with Gasteiger partial charge in [0, 0.05) is 11.4 Å². The molecule has 0 fully saturated rings. The van der Waals surface area contributed by atoms with E-state index in [0.717, 1.165) is 34.7 Å². The average Bonchev–Trinajstić information content (AvgIpc) is 3.19. The summed E-state index contributed by atoms with van der Waals surface area (Å²) >= 11 is 3.10. The molecule has 0 unspecified atom stereocenters. The zero-order chi connectivity index (χ0) is 17.3. The number of fused-ring (bicyclic) bond motifs is 1. The number of ether oxygens (including phenoxy) is 1. The molecule has 0 atom stereocenters. The molecule has 0 radical (unpaired) electrons. The Morgan fingerprint density at radius 2 is 2.12 bits per heavy atom. The number of hydrogen-bond donors (Lipinski definition) is 0. The predicted molar refractivity (Wildman–Crippen MR) is 99.3 cm³/mol. The lowest BCUT2D eigenvalue weighted by Crippen LogP contribution is -2.23. The van der Waals surface area contributed by atoms with Gasteiger partial charge in [0.2, 0.25) is 0 Å². The van der Waals surface area contributed by atoms with Crippen LogP contribution in [0.2, 0.25) is 0 Å². The highest BCUT2D eigenvalue weighted by Gasteiger charge is 2.22. The molecule has 0 bridgehead atoms. The Bertz CT molecular complexity index is 872. The summed E-state index contributed by atoms with van der Waals surface area (Å²) in [5, 5.41) is 3.03. The summed E-state index contributed by atoms with van der Waals surface area (Å²) in [6.07, 6.45) is 0. The van der Waals surface area contributed by atoms with E-state index in [0.29, 0.717) is 10.7 Å². The summed E-state index contributed by atoms with van der Waals surface area (Å²) in [5.41, 5.74) is 0.890. The van der Waals surface area contributed by atoms with E-state index in [-0.39, 0.29) is 5.97 Å². The Balaban J connectivity index is 2.15. The van der Waals surface area contributed by atoms with E-state index in [1.807, 2.05) is 13.8 Å². The zero-order valence-electron chi connectivity index (χ0n) is 14.1. The standard InChI is InChI=1S/C17H19N3O2S2/c1-5-20(9-12-7-6-8-23-12)15-13-10(2)14(17(21)22-4)24-16(13)19-11(3)18-15/h6-8H,5,9H2,1-4H3. The van der Waals surface area contributed by atoms with Crippen LogP contribution in [-0.4, -0.2) is 29.6 Å². The van der Waals surface area contributed by atoms with Gasteiger partial charge in [0.05, 0.1) is 19.0 Å². The van der Waals surface area contributed by atoms with Gasteiger partial charge in [0.1, 0.15) is 21.3 Å². The van der Waals surface area contributed by atoms with Crippen LogP contribution in [0.3, 0.4) is 0 Å². The van der Waals surface area contributed by atoms with Crippen molar-refractivity contribution < 1.29 is 9.53 Å². The van der Waals surface area contributed by atoms with Gasteiger partial charge in [-0.2, -0.15) is 0 Å². The Morgan fingerprint density at radius 1 is 1.33 bits per heavy atom. The van der Waals surface area contributed by atoms with Crippen LogP contribution in [0, 0.1) is 13.8 Å². The van der Waals surface area contributed by atoms with E-state index < -0.39 is 0 Å². The van der Waals surface area contributed by atoms with Gasteiger partial charge in [0.25, 0.3) is 0 Å². The molecule has 0 N–H and O–H groups in total. The van der Waals surface area contributed by atoms with Gasteiger partial charge in [-0.25, -0.2) is 14.8 Å². The van der Waals surface area contributed by atoms with Crippen molar-refractivity contribution in [3.8, 4) is 0 Å². The molecule has 3 rings (SSSR count). The molecule has 3 heterocycles. The molecule has 0 saturated carbocycles. The molecule has 0 amide bonds. The number of esters is 1. The van der Waals surface area contributed by atoms with E-state index >= 15 is 0 Å². The summed E-state index contributed by atoms with van der Waals surface area (Å²) in [5.74, 6) is 1.28. The molecule has 0 aliphatic carbocycles. The minimum Gasteiger partial charge on any atom is -0.465 e. The van der Waals surface area contributed by atoms with Gasteiger partial charge in [0.15, 0.2) is 0 Å². The van der Waals surface area contributed by atoms with Crippen molar-refractivity contribution in [3.05, 3.63) is 38.7 Å². The lowest BCUT2D eigenvalue weighted by atomic mass is 10.2. The lowest BCUT2D eigenvalue weighted by Gasteiger charge is -2.22. The lowest BCUT2D eigenvalue weighted by molar-refractivity contribution is 0.0605. The fourth-order valence-corrected chi connectivity index (χ4v) is 4.52. The van der Waals surface area contributed by atoms with Crippen LogP contribution >= 0.6 is 22.7 Å². The first-order valence-corrected chi connectivity index (χ1v) is 9.38. The molecule has 0 aliphatic rings. The maximum Gasteiger partial charge on any atom is 0.348 e. The van der Waals surface area contributed by atoms with Gasteiger partial charge in [-0.15, -0.1) is 22.7 Å². The van der Waals surface area contributed by atoms with E-state index in [2.05, 4.69) is 39.3 Å². The van der Waals surface area contributed by atoms with E-state index in [9.17, 15) is 4.79 Å². The first-order valence-electron chi connectivity index (χ1n) is 7.68. The van der Waals surface area contributed by atoms with Crippen molar-refractivity contribution in [2.45, 2.75) is 27.3 Å². The van der Waals surface area contributed by atoms with E-state index in [1.54, 1.807) is 11.3 Å². The third kappa shape index (κ3) is 3.01. The molecular formula is C17H19N3O2S2. The highest BCUT2D eigenvalue weighted by Crippen LogP contribution is 2.36. The van der Waals surface area contributed by atoms with Crippen LogP contribution in [0.4, 0.5) is 5.82 Å². The van der Waals surface area contributed by atoms with Gasteiger partial charge in [-0.1, -0.05) is 6.07 Å². The average molecular weight is 361 g/mol. The van der Waals surface area contributed by atoms with Crippen molar-refractivity contribution in [1.29, 1.82) is 0 Å². The summed E-state index contributed by atoms with van der Waals surface area (Å²) in [7, 11) is 1.40. The second kappa shape index (κ2) is 6.86. The van der Waals surface area contributed by atoms with Gasteiger partial charge in [-0.05, 0) is 37.8 Å². The number of rotatable bonds is 5. The molecule has 3 aromatic rings. The van der Waals surface area contributed by atoms with Crippen LogP contribution in [0.5, 0.6) is 0 Å². The Labute approximate surface area is 148 Å². The van der Waals surface area contributed by atoms with Crippen LogP contribution < -0.4 is 4.90 Å². The molecule has 0 aromatic carbocycles. The smallest absolute Gasteiger partial charge is 0.348 e. The van der Waals surface area contributed by atoms with Crippen molar-refractivity contribution in [1.82, 2.24) is 9.97 Å². The Morgan fingerprint density at radius 3 is 2.75 bits per heavy atom. The molecule has 3 aromatic heterocycles. The van der Waals surface area contributed by atoms with Crippen LogP contribution in [-0.2, 0) is 11.3 Å². The zero-order valence-corrected chi connectivity index (χ0v) is 15.8. The Kier molecular flexibility index (Phi) is 4.82. The molecule has 24 heavy (non-hydrogen) atoms. The summed E-state index contributed by atoms with van der Waals surface area (Å²) < 4.78 is 4.90. The highest BCUT2D eigenvalue weighted by atomic mass is 32.1. The molecule has 0 aliphatic heterocycles. The fourth-order valence-electron chi connectivity index (χ4n) is 2.66. The normalized spacial score (nSPS) is 11.0. The second-order valence-electron chi connectivity index (χ2n) is 5.42. The van der Waals surface area contributed by atoms with Crippen LogP contribution in [0.25, 0.3) is 10.2 Å². The number of anilines is 1. The fraction of sp³-hybridized carbons (Fsp3) is 0.353. The SMILES string of the molecule is CCN(Cc1cccs1)c1nc(C)nc2sc(C(=O)OC)c(C)c12. The van der Waals surface area contributed by atoms with Gasteiger partial charge >= 0.3 is 5.97 Å². The summed E-state index contributed by atoms with van der Waals surface area (Å²) in [4.78, 5) is 26.2. The number of methoxy groups -OCH3 is 1. The monoisotopic (exact) mass is 361 g/mol. The first kappa shape index (κ1) is 16.9. The van der Waals surface area contributed by atoms with Crippen molar-refractivity contribution in [2.24, 2.45) is 0 Å². The Hall–Kier alpha value is -1.99. The highest BCUT2D eigenvalue weighted by molar-refractivity contribution is 7.20. The van der Waals surface area contributed by atoms with Crippen molar-refractivity contribution in [2.75, 3.05) is 18.6 Å². The van der Waals surface area contributed by atoms with Crippen LogP contribution in [0.1, 0.15) is 32.9 Å². The topological polar surface area (TPSA) is 55.3 Å².